The van der Waals surface area contributed by atoms with Gasteiger partial charge in [0.2, 0.25) is 0 Å². The van der Waals surface area contributed by atoms with Crippen molar-refractivity contribution in [2.75, 3.05) is 11.4 Å². The van der Waals surface area contributed by atoms with Gasteiger partial charge in [-0.2, -0.15) is 0 Å². The van der Waals surface area contributed by atoms with Crippen molar-refractivity contribution in [2.24, 2.45) is 0 Å². The molecule has 0 bridgehead atoms. The van der Waals surface area contributed by atoms with Crippen molar-refractivity contribution in [2.45, 2.75) is 6.92 Å². The van der Waals surface area contributed by atoms with E-state index in [0.29, 0.717) is 17.2 Å². The van der Waals surface area contributed by atoms with Crippen LogP contribution in [0.25, 0.3) is 11.1 Å². The van der Waals surface area contributed by atoms with Crippen LogP contribution in [0.3, 0.4) is 0 Å². The summed E-state index contributed by atoms with van der Waals surface area (Å²) in [7, 11) is 0. The van der Waals surface area contributed by atoms with Gasteiger partial charge in [0.25, 0.3) is 5.91 Å². The lowest BCUT2D eigenvalue weighted by Gasteiger charge is -2.23. The second-order valence-electron chi connectivity index (χ2n) is 5.78. The molecule has 1 N–H and O–H groups in total. The fourth-order valence-corrected chi connectivity index (χ4v) is 3.06. The van der Waals surface area contributed by atoms with E-state index in [-0.39, 0.29) is 5.91 Å². The van der Waals surface area contributed by atoms with Crippen LogP contribution in [0.2, 0.25) is 0 Å². The molecule has 26 heavy (non-hydrogen) atoms. The van der Waals surface area contributed by atoms with Crippen molar-refractivity contribution >= 4 is 28.9 Å². The molecular formula is C22H20N2OS. The Morgan fingerprint density at radius 1 is 0.846 bits per heavy atom. The summed E-state index contributed by atoms with van der Waals surface area (Å²) in [4.78, 5) is 14.4. The summed E-state index contributed by atoms with van der Waals surface area (Å²) in [5.74, 6) is -0.205. The lowest BCUT2D eigenvalue weighted by atomic mass is 10.0. The van der Waals surface area contributed by atoms with E-state index in [9.17, 15) is 4.79 Å². The molecule has 0 saturated carbocycles. The standard InChI is InChI=1S/C22H20N2OS/c1-2-24(20-11-7-4-8-12-20)22(26)23-21(25)19-15-13-18(14-16-19)17-9-5-3-6-10-17/h3-16H,2H2,1H3,(H,23,25,26). The summed E-state index contributed by atoms with van der Waals surface area (Å²) >= 11 is 5.43. The summed E-state index contributed by atoms with van der Waals surface area (Å²) in [6.07, 6.45) is 0. The predicted molar refractivity (Wildman–Crippen MR) is 111 cm³/mol. The van der Waals surface area contributed by atoms with Crippen LogP contribution in [0, 0.1) is 0 Å². The third kappa shape index (κ3) is 4.16. The van der Waals surface area contributed by atoms with Crippen molar-refractivity contribution in [1.29, 1.82) is 0 Å². The minimum absolute atomic E-state index is 0.205. The number of carbonyl (C=O) groups excluding carboxylic acids is 1. The van der Waals surface area contributed by atoms with E-state index in [0.717, 1.165) is 16.8 Å². The topological polar surface area (TPSA) is 32.3 Å². The number of anilines is 1. The van der Waals surface area contributed by atoms with Crippen LogP contribution >= 0.6 is 12.2 Å². The van der Waals surface area contributed by atoms with Crippen molar-refractivity contribution in [3.63, 3.8) is 0 Å². The van der Waals surface area contributed by atoms with Crippen LogP contribution in [-0.2, 0) is 0 Å². The van der Waals surface area contributed by atoms with Gasteiger partial charge < -0.3 is 4.90 Å². The number of nitrogens with one attached hydrogen (secondary N) is 1. The summed E-state index contributed by atoms with van der Waals surface area (Å²) in [6, 6.07) is 27.4. The van der Waals surface area contributed by atoms with E-state index >= 15 is 0 Å². The van der Waals surface area contributed by atoms with E-state index in [1.165, 1.54) is 0 Å². The lowest BCUT2D eigenvalue weighted by molar-refractivity contribution is 0.0977. The summed E-state index contributed by atoms with van der Waals surface area (Å²) in [5, 5.41) is 3.22. The fraction of sp³-hybridized carbons (Fsp3) is 0.0909. The highest BCUT2D eigenvalue weighted by Crippen LogP contribution is 2.19. The quantitative estimate of drug-likeness (QED) is 0.672. The van der Waals surface area contributed by atoms with Gasteiger partial charge in [0.05, 0.1) is 0 Å². The van der Waals surface area contributed by atoms with Gasteiger partial charge in [0.1, 0.15) is 0 Å². The first kappa shape index (κ1) is 17.8. The molecule has 0 aliphatic heterocycles. The minimum Gasteiger partial charge on any atom is -0.319 e. The molecule has 0 heterocycles. The molecule has 0 aliphatic rings. The fourth-order valence-electron chi connectivity index (χ4n) is 2.73. The number of amides is 1. The Morgan fingerprint density at radius 3 is 1.96 bits per heavy atom. The highest BCUT2D eigenvalue weighted by atomic mass is 32.1. The minimum atomic E-state index is -0.205. The van der Waals surface area contributed by atoms with Gasteiger partial charge in [0, 0.05) is 17.8 Å². The Balaban J connectivity index is 1.70. The number of carbonyl (C=O) groups is 1. The third-order valence-corrected chi connectivity index (χ3v) is 4.43. The molecule has 3 aromatic rings. The molecule has 0 aliphatic carbocycles. The van der Waals surface area contributed by atoms with Gasteiger partial charge in [-0.25, -0.2) is 0 Å². The Labute approximate surface area is 159 Å². The van der Waals surface area contributed by atoms with Gasteiger partial charge in [0.15, 0.2) is 5.11 Å². The van der Waals surface area contributed by atoms with Crippen molar-refractivity contribution in [3.05, 3.63) is 90.5 Å². The van der Waals surface area contributed by atoms with Crippen LogP contribution in [0.1, 0.15) is 17.3 Å². The van der Waals surface area contributed by atoms with Crippen molar-refractivity contribution in [3.8, 4) is 11.1 Å². The number of hydrogen-bond donors (Lipinski definition) is 1. The third-order valence-electron chi connectivity index (χ3n) is 4.10. The molecule has 130 valence electrons. The first-order chi connectivity index (χ1) is 12.7. The highest BCUT2D eigenvalue weighted by molar-refractivity contribution is 7.80. The molecular weight excluding hydrogens is 340 g/mol. The van der Waals surface area contributed by atoms with Crippen LogP contribution in [0.5, 0.6) is 0 Å². The number of benzene rings is 3. The second kappa shape index (κ2) is 8.41. The molecule has 0 atom stereocenters. The largest absolute Gasteiger partial charge is 0.319 e. The van der Waals surface area contributed by atoms with E-state index in [2.05, 4.69) is 5.32 Å². The summed E-state index contributed by atoms with van der Waals surface area (Å²) < 4.78 is 0. The second-order valence-corrected chi connectivity index (χ2v) is 6.17. The molecule has 0 aromatic heterocycles. The van der Waals surface area contributed by atoms with Gasteiger partial charge in [-0.1, -0.05) is 60.7 Å². The molecule has 0 radical (unpaired) electrons. The van der Waals surface area contributed by atoms with E-state index in [1.807, 2.05) is 96.8 Å². The SMILES string of the molecule is CCN(C(=S)NC(=O)c1ccc(-c2ccccc2)cc1)c1ccccc1. The Kier molecular flexibility index (Phi) is 5.77. The molecule has 3 rings (SSSR count). The van der Waals surface area contributed by atoms with Crippen LogP contribution < -0.4 is 10.2 Å². The van der Waals surface area contributed by atoms with Crippen molar-refractivity contribution in [1.82, 2.24) is 5.32 Å². The molecule has 0 saturated heterocycles. The van der Waals surface area contributed by atoms with Crippen LogP contribution in [0.4, 0.5) is 5.69 Å². The van der Waals surface area contributed by atoms with Gasteiger partial charge in [-0.05, 0) is 54.5 Å². The van der Waals surface area contributed by atoms with Gasteiger partial charge >= 0.3 is 0 Å². The number of hydrogen-bond acceptors (Lipinski definition) is 2. The Bertz CT molecular complexity index is 877. The van der Waals surface area contributed by atoms with Gasteiger partial charge in [-0.3, -0.25) is 10.1 Å². The maximum atomic E-state index is 12.5. The predicted octanol–water partition coefficient (Wildman–Crippen LogP) is 4.89. The molecule has 0 unspecified atom stereocenters. The van der Waals surface area contributed by atoms with Crippen molar-refractivity contribution < 1.29 is 4.79 Å². The first-order valence-electron chi connectivity index (χ1n) is 8.52. The van der Waals surface area contributed by atoms with Gasteiger partial charge in [-0.15, -0.1) is 0 Å². The van der Waals surface area contributed by atoms with E-state index < -0.39 is 0 Å². The average molecular weight is 360 g/mol. The Morgan fingerprint density at radius 2 is 1.38 bits per heavy atom. The monoisotopic (exact) mass is 360 g/mol. The Hall–Kier alpha value is -2.98. The summed E-state index contributed by atoms with van der Waals surface area (Å²) in [5.41, 5.74) is 3.73. The maximum absolute atomic E-state index is 12.5. The lowest BCUT2D eigenvalue weighted by Crippen LogP contribution is -2.42. The zero-order valence-electron chi connectivity index (χ0n) is 14.6. The number of rotatable bonds is 4. The van der Waals surface area contributed by atoms with E-state index in [1.54, 1.807) is 0 Å². The molecule has 4 heteroatoms. The molecule has 3 nitrogen and oxygen atoms in total. The zero-order chi connectivity index (χ0) is 18.4. The maximum Gasteiger partial charge on any atom is 0.257 e. The van der Waals surface area contributed by atoms with Crippen LogP contribution in [-0.4, -0.2) is 17.6 Å². The number of para-hydroxylation sites is 1. The average Bonchev–Trinajstić information content (AvgIpc) is 2.70. The normalized spacial score (nSPS) is 10.2. The molecule has 0 fully saturated rings. The first-order valence-corrected chi connectivity index (χ1v) is 8.93. The number of thiocarbonyl (C=S) groups is 1. The van der Waals surface area contributed by atoms with E-state index in [4.69, 9.17) is 12.2 Å². The highest BCUT2D eigenvalue weighted by Gasteiger charge is 2.14. The molecule has 1 amide bonds. The summed E-state index contributed by atoms with van der Waals surface area (Å²) in [6.45, 7) is 2.68. The zero-order valence-corrected chi connectivity index (χ0v) is 15.4. The number of nitrogens with zero attached hydrogens (tertiary/aromatic N) is 1. The smallest absolute Gasteiger partial charge is 0.257 e. The molecule has 3 aromatic carbocycles. The van der Waals surface area contributed by atoms with Crippen LogP contribution in [0.15, 0.2) is 84.9 Å². The molecule has 0 spiro atoms.